The maximum Gasteiger partial charge on any atom is 0.251 e. The van der Waals surface area contributed by atoms with Gasteiger partial charge < -0.3 is 4.98 Å². The van der Waals surface area contributed by atoms with E-state index in [-0.39, 0.29) is 11.4 Å². The normalized spacial score (nSPS) is 10.5. The highest BCUT2D eigenvalue weighted by Gasteiger charge is 2.04. The van der Waals surface area contributed by atoms with E-state index in [1.807, 2.05) is 0 Å². The molecule has 1 aromatic carbocycles. The summed E-state index contributed by atoms with van der Waals surface area (Å²) in [6.07, 6.45) is 1.43. The van der Waals surface area contributed by atoms with Crippen molar-refractivity contribution < 1.29 is 4.39 Å². The predicted octanol–water partition coefficient (Wildman–Crippen LogP) is 2.96. The van der Waals surface area contributed by atoms with Gasteiger partial charge in [-0.25, -0.2) is 9.37 Å². The number of rotatable bonds is 3. The molecule has 88 valence electrons. The zero-order valence-electron chi connectivity index (χ0n) is 8.61. The van der Waals surface area contributed by atoms with Crippen LogP contribution in [0.3, 0.4) is 0 Å². The molecule has 0 unspecified atom stereocenters. The van der Waals surface area contributed by atoms with E-state index < -0.39 is 0 Å². The minimum atomic E-state index is -0.273. The van der Waals surface area contributed by atoms with Crippen LogP contribution in [0.4, 0.5) is 4.39 Å². The number of hydrogen-bond donors (Lipinski definition) is 1. The number of H-pyrrole nitrogens is 1. The van der Waals surface area contributed by atoms with Gasteiger partial charge in [0.05, 0.1) is 0 Å². The third-order valence-corrected chi connectivity index (χ3v) is 3.46. The van der Waals surface area contributed by atoms with Gasteiger partial charge in [0.2, 0.25) is 0 Å². The summed E-state index contributed by atoms with van der Waals surface area (Å²) in [5, 5.41) is 0.486. The number of halogens is 2. The van der Waals surface area contributed by atoms with Crippen molar-refractivity contribution in [1.82, 2.24) is 9.97 Å². The Labute approximate surface area is 110 Å². The van der Waals surface area contributed by atoms with Crippen molar-refractivity contribution in [3.63, 3.8) is 0 Å². The van der Waals surface area contributed by atoms with E-state index in [0.29, 0.717) is 20.9 Å². The standard InChI is InChI=1S/C11H8BrFN2OS/c12-8-2-1-7(9(13)5-8)6-17-11-14-4-3-10(16)15-11/h1-5H,6H2,(H,14,15,16). The van der Waals surface area contributed by atoms with Gasteiger partial charge in [-0.15, -0.1) is 0 Å². The molecule has 0 saturated carbocycles. The summed E-state index contributed by atoms with van der Waals surface area (Å²) in [4.78, 5) is 17.6. The largest absolute Gasteiger partial charge is 0.301 e. The smallest absolute Gasteiger partial charge is 0.251 e. The average Bonchev–Trinajstić information content (AvgIpc) is 2.28. The molecule has 17 heavy (non-hydrogen) atoms. The lowest BCUT2D eigenvalue weighted by Crippen LogP contribution is -2.05. The van der Waals surface area contributed by atoms with E-state index in [9.17, 15) is 9.18 Å². The minimum Gasteiger partial charge on any atom is -0.301 e. The third-order valence-electron chi connectivity index (χ3n) is 2.03. The maximum atomic E-state index is 13.5. The highest BCUT2D eigenvalue weighted by atomic mass is 79.9. The second kappa shape index (κ2) is 5.46. The molecule has 0 saturated heterocycles. The number of aromatic amines is 1. The Morgan fingerprint density at radius 2 is 2.24 bits per heavy atom. The summed E-state index contributed by atoms with van der Waals surface area (Å²) in [5.41, 5.74) is 0.364. The van der Waals surface area contributed by atoms with Crippen LogP contribution >= 0.6 is 27.7 Å². The fourth-order valence-corrected chi connectivity index (χ4v) is 2.38. The Morgan fingerprint density at radius 1 is 1.41 bits per heavy atom. The van der Waals surface area contributed by atoms with Gasteiger partial charge in [0.15, 0.2) is 5.16 Å². The lowest BCUT2D eigenvalue weighted by atomic mass is 10.2. The summed E-state index contributed by atoms with van der Waals surface area (Å²) < 4.78 is 14.2. The fraction of sp³-hybridized carbons (Fsp3) is 0.0909. The van der Waals surface area contributed by atoms with Crippen molar-refractivity contribution in [2.24, 2.45) is 0 Å². The number of thioether (sulfide) groups is 1. The molecule has 0 amide bonds. The number of nitrogens with one attached hydrogen (secondary N) is 1. The zero-order chi connectivity index (χ0) is 12.3. The monoisotopic (exact) mass is 314 g/mol. The van der Waals surface area contributed by atoms with Gasteiger partial charge in [-0.1, -0.05) is 33.8 Å². The molecule has 0 spiro atoms. The molecular weight excluding hydrogens is 307 g/mol. The first-order valence-corrected chi connectivity index (χ1v) is 6.55. The van der Waals surface area contributed by atoms with Crippen LogP contribution in [-0.2, 0) is 5.75 Å². The summed E-state index contributed by atoms with van der Waals surface area (Å²) in [6, 6.07) is 6.23. The van der Waals surface area contributed by atoms with Gasteiger partial charge in [0, 0.05) is 22.5 Å². The summed E-state index contributed by atoms with van der Waals surface area (Å²) in [7, 11) is 0. The van der Waals surface area contributed by atoms with Crippen molar-refractivity contribution in [1.29, 1.82) is 0 Å². The summed E-state index contributed by atoms with van der Waals surface area (Å²) in [5.74, 6) is 0.150. The van der Waals surface area contributed by atoms with E-state index in [0.717, 1.165) is 0 Å². The van der Waals surface area contributed by atoms with Gasteiger partial charge in [-0.2, -0.15) is 0 Å². The van der Waals surface area contributed by atoms with Crippen molar-refractivity contribution in [2.75, 3.05) is 0 Å². The Kier molecular flexibility index (Phi) is 3.96. The van der Waals surface area contributed by atoms with Gasteiger partial charge in [-0.3, -0.25) is 4.79 Å². The predicted molar refractivity (Wildman–Crippen MR) is 68.5 cm³/mol. The Bertz CT molecular complexity index is 588. The van der Waals surface area contributed by atoms with Crippen molar-refractivity contribution >= 4 is 27.7 Å². The van der Waals surface area contributed by atoms with E-state index in [2.05, 4.69) is 25.9 Å². The van der Waals surface area contributed by atoms with Crippen LogP contribution in [0.1, 0.15) is 5.56 Å². The van der Waals surface area contributed by atoms with Crippen LogP contribution in [0.15, 0.2) is 44.9 Å². The molecular formula is C11H8BrFN2OS. The Balaban J connectivity index is 2.10. The fourth-order valence-electron chi connectivity index (χ4n) is 1.21. The van der Waals surface area contributed by atoms with Crippen LogP contribution in [0.25, 0.3) is 0 Å². The highest BCUT2D eigenvalue weighted by molar-refractivity contribution is 9.10. The van der Waals surface area contributed by atoms with Crippen molar-refractivity contribution in [3.05, 3.63) is 56.7 Å². The molecule has 6 heteroatoms. The van der Waals surface area contributed by atoms with E-state index in [1.165, 1.54) is 30.1 Å². The molecule has 0 radical (unpaired) electrons. The molecule has 0 fully saturated rings. The van der Waals surface area contributed by atoms with Crippen LogP contribution in [0.5, 0.6) is 0 Å². The van der Waals surface area contributed by atoms with Gasteiger partial charge >= 0.3 is 0 Å². The molecule has 3 nitrogen and oxygen atoms in total. The first-order chi connectivity index (χ1) is 8.15. The van der Waals surface area contributed by atoms with Crippen LogP contribution < -0.4 is 5.56 Å². The zero-order valence-corrected chi connectivity index (χ0v) is 11.0. The molecule has 0 aliphatic heterocycles. The van der Waals surface area contributed by atoms with E-state index in [1.54, 1.807) is 12.1 Å². The maximum absolute atomic E-state index is 13.5. The van der Waals surface area contributed by atoms with Gasteiger partial charge in [-0.05, 0) is 17.7 Å². The molecule has 2 aromatic rings. The molecule has 1 aromatic heterocycles. The molecule has 0 aliphatic rings. The van der Waals surface area contributed by atoms with Crippen LogP contribution in [0.2, 0.25) is 0 Å². The first kappa shape index (κ1) is 12.3. The van der Waals surface area contributed by atoms with Crippen LogP contribution in [0, 0.1) is 5.82 Å². The number of nitrogens with zero attached hydrogens (tertiary/aromatic N) is 1. The third kappa shape index (κ3) is 3.41. The molecule has 2 rings (SSSR count). The molecule has 1 heterocycles. The van der Waals surface area contributed by atoms with Crippen molar-refractivity contribution in [2.45, 2.75) is 10.9 Å². The number of hydrogen-bond acceptors (Lipinski definition) is 3. The van der Waals surface area contributed by atoms with Crippen LogP contribution in [-0.4, -0.2) is 9.97 Å². The topological polar surface area (TPSA) is 45.8 Å². The average molecular weight is 315 g/mol. The molecule has 0 bridgehead atoms. The van der Waals surface area contributed by atoms with Gasteiger partial charge in [0.1, 0.15) is 5.82 Å². The number of benzene rings is 1. The molecule has 1 N–H and O–H groups in total. The van der Waals surface area contributed by atoms with Crippen molar-refractivity contribution in [3.8, 4) is 0 Å². The van der Waals surface area contributed by atoms with Gasteiger partial charge in [0.25, 0.3) is 5.56 Å². The highest BCUT2D eigenvalue weighted by Crippen LogP contribution is 2.22. The second-order valence-corrected chi connectivity index (χ2v) is 5.14. The molecule has 0 atom stereocenters. The lowest BCUT2D eigenvalue weighted by Gasteiger charge is -2.02. The van der Waals surface area contributed by atoms with E-state index >= 15 is 0 Å². The Morgan fingerprint density at radius 3 is 2.94 bits per heavy atom. The SMILES string of the molecule is O=c1ccnc(SCc2ccc(Br)cc2F)[nH]1. The number of aromatic nitrogens is 2. The quantitative estimate of drug-likeness (QED) is 0.700. The minimum absolute atomic E-state index is 0.209. The lowest BCUT2D eigenvalue weighted by molar-refractivity contribution is 0.616. The summed E-state index contributed by atoms with van der Waals surface area (Å²) >= 11 is 4.48. The molecule has 0 aliphatic carbocycles. The second-order valence-electron chi connectivity index (χ2n) is 3.26. The van der Waals surface area contributed by atoms with E-state index in [4.69, 9.17) is 0 Å². The first-order valence-electron chi connectivity index (χ1n) is 4.77. The summed E-state index contributed by atoms with van der Waals surface area (Å²) in [6.45, 7) is 0. The Hall–Kier alpha value is -1.14.